The Bertz CT molecular complexity index is 692. The maximum absolute atomic E-state index is 12.9. The van der Waals surface area contributed by atoms with E-state index < -0.39 is 0 Å². The summed E-state index contributed by atoms with van der Waals surface area (Å²) in [7, 11) is 0. The fraction of sp³-hybridized carbons (Fsp3) is 0.235. The molecule has 1 aliphatic rings. The number of nitrogen functional groups attached to an aromatic ring is 1. The van der Waals surface area contributed by atoms with Gasteiger partial charge in [-0.15, -0.1) is 11.8 Å². The van der Waals surface area contributed by atoms with Crippen LogP contribution in [0.15, 0.2) is 41.3 Å². The first-order valence-corrected chi connectivity index (χ1v) is 7.95. The average Bonchev–Trinajstić information content (AvgIpc) is 2.44. The summed E-state index contributed by atoms with van der Waals surface area (Å²) >= 11 is 1.77. The average molecular weight is 298 g/mol. The van der Waals surface area contributed by atoms with Gasteiger partial charge in [0.2, 0.25) is 0 Å². The van der Waals surface area contributed by atoms with Gasteiger partial charge in [0.1, 0.15) is 0 Å². The zero-order valence-corrected chi connectivity index (χ0v) is 13.0. The minimum atomic E-state index is 0.0500. The van der Waals surface area contributed by atoms with Crippen molar-refractivity contribution in [1.29, 1.82) is 0 Å². The van der Waals surface area contributed by atoms with Crippen molar-refractivity contribution in [3.05, 3.63) is 53.1 Å². The smallest absolute Gasteiger partial charge is 0.258 e. The van der Waals surface area contributed by atoms with Gasteiger partial charge in [-0.05, 0) is 44.2 Å². The molecule has 1 aliphatic heterocycles. The number of fused-ring (bicyclic) bond motifs is 1. The third-order valence-electron chi connectivity index (χ3n) is 3.56. The minimum absolute atomic E-state index is 0.0500. The summed E-state index contributed by atoms with van der Waals surface area (Å²) < 4.78 is 0. The van der Waals surface area contributed by atoms with Crippen molar-refractivity contribution >= 4 is 29.0 Å². The topological polar surface area (TPSA) is 46.3 Å². The minimum Gasteiger partial charge on any atom is -0.399 e. The molecule has 108 valence electrons. The molecule has 4 heteroatoms. The molecule has 0 aliphatic carbocycles. The lowest BCUT2D eigenvalue weighted by molar-refractivity contribution is 0.0987. The number of carbonyl (C=O) groups is 1. The van der Waals surface area contributed by atoms with E-state index in [0.29, 0.717) is 12.2 Å². The number of hydrogen-bond donors (Lipinski definition) is 1. The van der Waals surface area contributed by atoms with Crippen LogP contribution in [0.25, 0.3) is 0 Å². The van der Waals surface area contributed by atoms with Crippen molar-refractivity contribution < 1.29 is 4.79 Å². The number of nitrogens with two attached hydrogens (primary N) is 1. The van der Waals surface area contributed by atoms with Crippen LogP contribution in [0.4, 0.5) is 11.4 Å². The van der Waals surface area contributed by atoms with Crippen LogP contribution >= 0.6 is 11.8 Å². The number of rotatable bonds is 1. The van der Waals surface area contributed by atoms with E-state index in [0.717, 1.165) is 33.0 Å². The summed E-state index contributed by atoms with van der Waals surface area (Å²) in [4.78, 5) is 15.8. The van der Waals surface area contributed by atoms with Crippen molar-refractivity contribution in [2.24, 2.45) is 0 Å². The Hall–Kier alpha value is -1.94. The molecule has 0 aromatic heterocycles. The highest BCUT2D eigenvalue weighted by atomic mass is 32.2. The molecule has 0 radical (unpaired) electrons. The second-order valence-corrected chi connectivity index (χ2v) is 6.55. The van der Waals surface area contributed by atoms with E-state index in [1.54, 1.807) is 11.8 Å². The van der Waals surface area contributed by atoms with E-state index in [9.17, 15) is 4.79 Å². The number of thioether (sulfide) groups is 1. The maximum Gasteiger partial charge on any atom is 0.258 e. The molecule has 3 nitrogen and oxygen atoms in total. The van der Waals surface area contributed by atoms with Crippen LogP contribution in [0.2, 0.25) is 0 Å². The first-order chi connectivity index (χ1) is 10.0. The molecule has 0 saturated carbocycles. The van der Waals surface area contributed by atoms with Gasteiger partial charge in [-0.2, -0.15) is 0 Å². The Morgan fingerprint density at radius 1 is 1.14 bits per heavy atom. The van der Waals surface area contributed by atoms with Crippen LogP contribution in [0.5, 0.6) is 0 Å². The maximum atomic E-state index is 12.9. The first-order valence-electron chi connectivity index (χ1n) is 6.97. The van der Waals surface area contributed by atoms with E-state index in [1.165, 1.54) is 0 Å². The summed E-state index contributed by atoms with van der Waals surface area (Å²) in [6.45, 7) is 4.75. The summed E-state index contributed by atoms with van der Waals surface area (Å²) in [5, 5.41) is 0. The lowest BCUT2D eigenvalue weighted by atomic mass is 10.1. The Balaban J connectivity index is 2.01. The molecule has 2 aromatic carbocycles. The molecule has 1 amide bonds. The van der Waals surface area contributed by atoms with Gasteiger partial charge in [0, 0.05) is 28.4 Å². The Kier molecular flexibility index (Phi) is 3.64. The SMILES string of the molecule is Cc1cc(C)cc(C(=O)N2CCSc3ccc(N)cc32)c1. The van der Waals surface area contributed by atoms with Gasteiger partial charge in [-0.1, -0.05) is 17.2 Å². The van der Waals surface area contributed by atoms with E-state index >= 15 is 0 Å². The second kappa shape index (κ2) is 5.45. The van der Waals surface area contributed by atoms with Crippen molar-refractivity contribution in [1.82, 2.24) is 0 Å². The molecule has 0 spiro atoms. The van der Waals surface area contributed by atoms with Crippen LogP contribution in [-0.4, -0.2) is 18.2 Å². The predicted molar refractivity (Wildman–Crippen MR) is 89.2 cm³/mol. The molecule has 21 heavy (non-hydrogen) atoms. The number of nitrogens with zero attached hydrogens (tertiary/aromatic N) is 1. The van der Waals surface area contributed by atoms with Gasteiger partial charge in [0.25, 0.3) is 5.91 Å². The van der Waals surface area contributed by atoms with Crippen molar-refractivity contribution in [3.8, 4) is 0 Å². The summed E-state index contributed by atoms with van der Waals surface area (Å²) in [5.41, 5.74) is 10.5. The number of amides is 1. The standard InChI is InChI=1S/C17H18N2OS/c1-11-7-12(2)9-13(8-11)17(20)19-5-6-21-16-4-3-14(18)10-15(16)19/h3-4,7-10H,5-6,18H2,1-2H3. The van der Waals surface area contributed by atoms with Crippen molar-refractivity contribution in [2.75, 3.05) is 22.9 Å². The quantitative estimate of drug-likeness (QED) is 0.818. The van der Waals surface area contributed by atoms with E-state index in [1.807, 2.05) is 49.1 Å². The van der Waals surface area contributed by atoms with E-state index in [4.69, 9.17) is 5.73 Å². The molecule has 0 unspecified atom stereocenters. The Morgan fingerprint density at radius 2 is 1.86 bits per heavy atom. The first kappa shape index (κ1) is 14.0. The molecule has 0 atom stereocenters. The summed E-state index contributed by atoms with van der Waals surface area (Å²) in [5.74, 6) is 0.960. The molecule has 2 aromatic rings. The number of carbonyl (C=O) groups excluding carboxylic acids is 1. The monoisotopic (exact) mass is 298 g/mol. The number of hydrogen-bond acceptors (Lipinski definition) is 3. The number of aryl methyl sites for hydroxylation is 2. The van der Waals surface area contributed by atoms with Crippen molar-refractivity contribution in [3.63, 3.8) is 0 Å². The zero-order chi connectivity index (χ0) is 15.0. The van der Waals surface area contributed by atoms with Crippen LogP contribution in [0, 0.1) is 13.8 Å². The molecule has 0 bridgehead atoms. The molecule has 2 N–H and O–H groups in total. The Labute approximate surface area is 129 Å². The summed E-state index contributed by atoms with van der Waals surface area (Å²) in [6, 6.07) is 11.7. The lowest BCUT2D eigenvalue weighted by Gasteiger charge is -2.29. The Morgan fingerprint density at radius 3 is 2.57 bits per heavy atom. The van der Waals surface area contributed by atoms with Crippen molar-refractivity contribution in [2.45, 2.75) is 18.7 Å². The van der Waals surface area contributed by atoms with Gasteiger partial charge in [-0.25, -0.2) is 0 Å². The highest BCUT2D eigenvalue weighted by Crippen LogP contribution is 2.36. The molecular formula is C17H18N2OS. The van der Waals surface area contributed by atoms with Crippen LogP contribution < -0.4 is 10.6 Å². The zero-order valence-electron chi connectivity index (χ0n) is 12.2. The lowest BCUT2D eigenvalue weighted by Crippen LogP contribution is -2.35. The van der Waals surface area contributed by atoms with E-state index in [-0.39, 0.29) is 5.91 Å². The molecule has 0 saturated heterocycles. The second-order valence-electron chi connectivity index (χ2n) is 5.41. The third kappa shape index (κ3) is 2.76. The van der Waals surface area contributed by atoms with Gasteiger partial charge >= 0.3 is 0 Å². The van der Waals surface area contributed by atoms with Gasteiger partial charge < -0.3 is 10.6 Å². The summed E-state index contributed by atoms with van der Waals surface area (Å²) in [6.07, 6.45) is 0. The van der Waals surface area contributed by atoms with Crippen LogP contribution in [0.3, 0.4) is 0 Å². The third-order valence-corrected chi connectivity index (χ3v) is 4.60. The van der Waals surface area contributed by atoms with Crippen LogP contribution in [-0.2, 0) is 0 Å². The largest absolute Gasteiger partial charge is 0.399 e. The predicted octanol–water partition coefficient (Wildman–Crippen LogP) is 3.64. The highest BCUT2D eigenvalue weighted by Gasteiger charge is 2.24. The van der Waals surface area contributed by atoms with Gasteiger partial charge in [-0.3, -0.25) is 4.79 Å². The van der Waals surface area contributed by atoms with Gasteiger partial charge in [0.15, 0.2) is 0 Å². The highest BCUT2D eigenvalue weighted by molar-refractivity contribution is 7.99. The number of benzene rings is 2. The molecule has 1 heterocycles. The molecule has 3 rings (SSSR count). The molecular weight excluding hydrogens is 280 g/mol. The van der Waals surface area contributed by atoms with E-state index in [2.05, 4.69) is 6.07 Å². The molecule has 0 fully saturated rings. The van der Waals surface area contributed by atoms with Crippen LogP contribution in [0.1, 0.15) is 21.5 Å². The fourth-order valence-electron chi connectivity index (χ4n) is 2.70. The van der Waals surface area contributed by atoms with Gasteiger partial charge in [0.05, 0.1) is 5.69 Å². The number of anilines is 2. The normalized spacial score (nSPS) is 13.9. The fourth-order valence-corrected chi connectivity index (χ4v) is 3.67.